The second-order valence-corrected chi connectivity index (χ2v) is 9.78. The van der Waals surface area contributed by atoms with E-state index in [0.717, 1.165) is 26.4 Å². The smallest absolute Gasteiger partial charge is 0.268 e. The zero-order valence-electron chi connectivity index (χ0n) is 15.1. The van der Waals surface area contributed by atoms with E-state index in [1.807, 2.05) is 19.1 Å². The maximum atomic E-state index is 13.7. The topological polar surface area (TPSA) is 65.1 Å². The predicted molar refractivity (Wildman–Crippen MR) is 119 cm³/mol. The molecule has 0 saturated carbocycles. The Morgan fingerprint density at radius 1 is 1.04 bits per heavy atom. The first kappa shape index (κ1) is 19.5. The molecule has 144 valence electrons. The Kier molecular flexibility index (Phi) is 5.00. The molecule has 0 saturated heterocycles. The van der Waals surface area contributed by atoms with E-state index in [1.54, 1.807) is 42.5 Å². The zero-order valence-corrected chi connectivity index (χ0v) is 18.3. The Morgan fingerprint density at radius 2 is 1.75 bits per heavy atom. The Balaban J connectivity index is 2.19. The van der Waals surface area contributed by atoms with Crippen molar-refractivity contribution in [2.45, 2.75) is 18.2 Å². The molecule has 0 amide bonds. The summed E-state index contributed by atoms with van der Waals surface area (Å²) in [4.78, 5) is 0.241. The van der Waals surface area contributed by atoms with Gasteiger partial charge in [-0.3, -0.25) is 0 Å². The van der Waals surface area contributed by atoms with Crippen LogP contribution in [0.4, 0.5) is 0 Å². The molecule has 0 spiro atoms. The molecular formula is C21H18BrClN2O2S. The second kappa shape index (κ2) is 7.19. The van der Waals surface area contributed by atoms with Gasteiger partial charge in [0.2, 0.25) is 0 Å². The monoisotopic (exact) mass is 476 g/mol. The van der Waals surface area contributed by atoms with Gasteiger partial charge in [0.1, 0.15) is 0 Å². The van der Waals surface area contributed by atoms with Crippen molar-refractivity contribution in [3.63, 3.8) is 0 Å². The van der Waals surface area contributed by atoms with Crippen LogP contribution in [0, 0.1) is 6.92 Å². The Morgan fingerprint density at radius 3 is 2.43 bits per heavy atom. The number of fused-ring (bicyclic) bond motifs is 3. The normalized spacial score (nSPS) is 12.1. The predicted octanol–water partition coefficient (Wildman–Crippen LogP) is 5.26. The van der Waals surface area contributed by atoms with Crippen molar-refractivity contribution in [1.82, 2.24) is 3.97 Å². The highest BCUT2D eigenvalue weighted by molar-refractivity contribution is 9.10. The summed E-state index contributed by atoms with van der Waals surface area (Å²) in [6, 6.07) is 16.0. The lowest BCUT2D eigenvalue weighted by Crippen LogP contribution is -2.14. The molecule has 0 aliphatic carbocycles. The van der Waals surface area contributed by atoms with E-state index in [4.69, 9.17) is 17.3 Å². The van der Waals surface area contributed by atoms with E-state index in [0.29, 0.717) is 29.0 Å². The van der Waals surface area contributed by atoms with Crippen molar-refractivity contribution in [2.24, 2.45) is 5.73 Å². The molecule has 0 aliphatic rings. The third-order valence-corrected chi connectivity index (χ3v) is 7.56. The van der Waals surface area contributed by atoms with Gasteiger partial charge in [0.05, 0.1) is 15.9 Å². The van der Waals surface area contributed by atoms with Gasteiger partial charge in [-0.15, -0.1) is 0 Å². The summed E-state index contributed by atoms with van der Waals surface area (Å²) in [5.74, 6) is 0. The van der Waals surface area contributed by atoms with Crippen LogP contribution in [0.3, 0.4) is 0 Å². The molecular weight excluding hydrogens is 460 g/mol. The summed E-state index contributed by atoms with van der Waals surface area (Å²) < 4.78 is 29.6. The number of nitrogens with two attached hydrogens (primary N) is 1. The van der Waals surface area contributed by atoms with Gasteiger partial charge in [-0.05, 0) is 61.9 Å². The average Bonchev–Trinajstić information content (AvgIpc) is 2.99. The van der Waals surface area contributed by atoms with Gasteiger partial charge < -0.3 is 5.73 Å². The second-order valence-electron chi connectivity index (χ2n) is 6.70. The fourth-order valence-electron chi connectivity index (χ4n) is 3.53. The summed E-state index contributed by atoms with van der Waals surface area (Å²) in [6.45, 7) is 2.33. The zero-order chi connectivity index (χ0) is 20.1. The number of halogens is 2. The number of nitrogens with zero attached hydrogens (tertiary/aromatic N) is 1. The van der Waals surface area contributed by atoms with Crippen LogP contribution < -0.4 is 5.73 Å². The quantitative estimate of drug-likeness (QED) is 0.436. The molecule has 28 heavy (non-hydrogen) atoms. The van der Waals surface area contributed by atoms with E-state index in [9.17, 15) is 8.42 Å². The minimum absolute atomic E-state index is 0.241. The maximum Gasteiger partial charge on any atom is 0.268 e. The number of hydrogen-bond donors (Lipinski definition) is 1. The first-order valence-electron chi connectivity index (χ1n) is 8.78. The summed E-state index contributed by atoms with van der Waals surface area (Å²) in [5, 5.41) is 2.19. The molecule has 0 aliphatic heterocycles. The summed E-state index contributed by atoms with van der Waals surface area (Å²) >= 11 is 9.79. The van der Waals surface area contributed by atoms with Crippen molar-refractivity contribution in [3.8, 4) is 0 Å². The molecule has 7 heteroatoms. The molecule has 0 unspecified atom stereocenters. The van der Waals surface area contributed by atoms with Gasteiger partial charge in [-0.1, -0.05) is 51.3 Å². The molecule has 0 fully saturated rings. The van der Waals surface area contributed by atoms with Gasteiger partial charge >= 0.3 is 0 Å². The lowest BCUT2D eigenvalue weighted by Gasteiger charge is -2.13. The Bertz CT molecular complexity index is 1310. The molecule has 1 heterocycles. The number of aromatic nitrogens is 1. The van der Waals surface area contributed by atoms with E-state index >= 15 is 0 Å². The van der Waals surface area contributed by atoms with Crippen molar-refractivity contribution >= 4 is 59.4 Å². The molecule has 4 nitrogen and oxygen atoms in total. The van der Waals surface area contributed by atoms with Gasteiger partial charge in [-0.2, -0.15) is 0 Å². The van der Waals surface area contributed by atoms with E-state index < -0.39 is 10.0 Å². The molecule has 2 N–H and O–H groups in total. The lowest BCUT2D eigenvalue weighted by atomic mass is 10.1. The van der Waals surface area contributed by atoms with Crippen LogP contribution in [0.25, 0.3) is 21.8 Å². The van der Waals surface area contributed by atoms with Crippen molar-refractivity contribution in [3.05, 3.63) is 75.2 Å². The fourth-order valence-corrected chi connectivity index (χ4v) is 5.78. The van der Waals surface area contributed by atoms with Crippen LogP contribution in [0.15, 0.2) is 64.0 Å². The molecule has 0 bridgehead atoms. The Labute approximate surface area is 177 Å². The third kappa shape index (κ3) is 3.05. The molecule has 0 radical (unpaired) electrons. The van der Waals surface area contributed by atoms with Crippen molar-refractivity contribution in [1.29, 1.82) is 0 Å². The molecule has 4 aromatic rings. The molecule has 3 aromatic carbocycles. The largest absolute Gasteiger partial charge is 0.330 e. The average molecular weight is 478 g/mol. The summed E-state index contributed by atoms with van der Waals surface area (Å²) in [5.41, 5.74) is 8.92. The highest BCUT2D eigenvalue weighted by Gasteiger charge is 2.25. The lowest BCUT2D eigenvalue weighted by molar-refractivity contribution is 0.590. The highest BCUT2D eigenvalue weighted by Crippen LogP contribution is 2.38. The third-order valence-electron chi connectivity index (χ3n) is 4.85. The van der Waals surface area contributed by atoms with Gasteiger partial charge in [0, 0.05) is 20.3 Å². The number of rotatable bonds is 4. The van der Waals surface area contributed by atoms with Crippen LogP contribution in [0.5, 0.6) is 0 Å². The van der Waals surface area contributed by atoms with E-state index in [2.05, 4.69) is 15.9 Å². The molecule has 0 atom stereocenters. The van der Waals surface area contributed by atoms with Gasteiger partial charge in [-0.25, -0.2) is 12.4 Å². The Hall–Kier alpha value is -1.86. The van der Waals surface area contributed by atoms with E-state index in [-0.39, 0.29) is 4.90 Å². The van der Waals surface area contributed by atoms with Gasteiger partial charge in [0.25, 0.3) is 10.0 Å². The first-order chi connectivity index (χ1) is 13.3. The number of benzene rings is 3. The summed E-state index contributed by atoms with van der Waals surface area (Å²) in [6.07, 6.45) is 0.547. The number of aryl methyl sites for hydroxylation is 1. The molecule has 1 aromatic heterocycles. The maximum absolute atomic E-state index is 13.7. The van der Waals surface area contributed by atoms with Crippen LogP contribution in [0.1, 0.15) is 11.1 Å². The highest BCUT2D eigenvalue weighted by atomic mass is 79.9. The van der Waals surface area contributed by atoms with Crippen LogP contribution in [-0.4, -0.2) is 18.9 Å². The minimum Gasteiger partial charge on any atom is -0.330 e. The number of hydrogen-bond acceptors (Lipinski definition) is 3. The van der Waals surface area contributed by atoms with Crippen LogP contribution >= 0.6 is 27.5 Å². The van der Waals surface area contributed by atoms with Crippen molar-refractivity contribution < 1.29 is 8.42 Å². The van der Waals surface area contributed by atoms with Crippen LogP contribution in [0.2, 0.25) is 5.02 Å². The van der Waals surface area contributed by atoms with Crippen LogP contribution in [-0.2, 0) is 16.4 Å². The minimum atomic E-state index is -3.82. The fraction of sp³-hybridized carbons (Fsp3) is 0.143. The van der Waals surface area contributed by atoms with Gasteiger partial charge in [0.15, 0.2) is 0 Å². The van der Waals surface area contributed by atoms with Crippen molar-refractivity contribution in [2.75, 3.05) is 6.54 Å². The van der Waals surface area contributed by atoms with E-state index in [1.165, 1.54) is 3.97 Å². The molecule has 4 rings (SSSR count). The standard InChI is InChI=1S/C21H18BrClN2O2S/c1-13-2-5-15(6-3-13)28(26,27)25-20-9-4-14(23)12-18(20)16-7-8-19(22)17(10-11-24)21(16)25/h2-9,12H,10-11,24H2,1H3. The summed E-state index contributed by atoms with van der Waals surface area (Å²) in [7, 11) is -3.82. The SMILES string of the molecule is Cc1ccc(S(=O)(=O)n2c3ccc(Cl)cc3c3ccc(Br)c(CCN)c32)cc1. The first-order valence-corrected chi connectivity index (χ1v) is 11.4.